The Bertz CT molecular complexity index is 267. The molecule has 12 heavy (non-hydrogen) atoms. The number of rotatable bonds is 3. The third-order valence-corrected chi connectivity index (χ3v) is 1.52. The average Bonchev–Trinajstić information content (AvgIpc) is 1.98. The molecule has 0 spiro atoms. The van der Waals surface area contributed by atoms with E-state index in [1.54, 1.807) is 0 Å². The third kappa shape index (κ3) is 4.00. The normalized spacial score (nSPS) is 12.8. The van der Waals surface area contributed by atoms with Gasteiger partial charge in [0.05, 0.1) is 22.0 Å². The number of halogens is 2. The first-order chi connectivity index (χ1) is 5.45. The highest BCUT2D eigenvalue weighted by Crippen LogP contribution is 2.13. The monoisotopic (exact) mass is 208 g/mol. The van der Waals surface area contributed by atoms with Gasteiger partial charge >= 0.3 is 0 Å². The van der Waals surface area contributed by atoms with Gasteiger partial charge in [-0.3, -0.25) is 0 Å². The Morgan fingerprint density at radius 1 is 1.08 bits per heavy atom. The lowest BCUT2D eigenvalue weighted by Gasteiger charge is -1.99. The summed E-state index contributed by atoms with van der Waals surface area (Å²) in [5, 5.41) is 18.6. The summed E-state index contributed by atoms with van der Waals surface area (Å²) in [5.74, 6) is -3.18. The lowest BCUT2D eigenvalue weighted by Crippen LogP contribution is -2.22. The summed E-state index contributed by atoms with van der Waals surface area (Å²) in [6, 6.07) is 0. The van der Waals surface area contributed by atoms with Gasteiger partial charge in [0.15, 0.2) is 0 Å². The Hall–Kier alpha value is -1.00. The zero-order chi connectivity index (χ0) is 9.72. The molecular formula is C6H2Cl2O4-2. The summed E-state index contributed by atoms with van der Waals surface area (Å²) in [5.41, 5.74) is 0. The number of carbonyl (C=O) groups excluding carboxylic acids is 2. The SMILES string of the molecule is O=C([O-])C=CC(Cl)=C(Cl)C(=O)[O-]. The Kier molecular flexibility index (Phi) is 4.39. The zero-order valence-electron chi connectivity index (χ0n) is 5.54. The van der Waals surface area contributed by atoms with Crippen molar-refractivity contribution < 1.29 is 19.8 Å². The molecule has 0 heterocycles. The Balaban J connectivity index is 4.58. The van der Waals surface area contributed by atoms with E-state index in [1.165, 1.54) is 0 Å². The van der Waals surface area contributed by atoms with Crippen LogP contribution in [0.3, 0.4) is 0 Å². The minimum atomic E-state index is -1.68. The first kappa shape index (κ1) is 11.0. The molecule has 0 atom stereocenters. The highest BCUT2D eigenvalue weighted by molar-refractivity contribution is 6.47. The molecule has 66 valence electrons. The van der Waals surface area contributed by atoms with E-state index in [1.807, 2.05) is 0 Å². The molecule has 0 aliphatic rings. The molecule has 0 aliphatic carbocycles. The van der Waals surface area contributed by atoms with Crippen molar-refractivity contribution in [1.29, 1.82) is 0 Å². The number of hydrogen-bond donors (Lipinski definition) is 0. The van der Waals surface area contributed by atoms with Gasteiger partial charge in [-0.05, 0) is 12.2 Å². The fraction of sp³-hybridized carbons (Fsp3) is 0. The predicted octanol–water partition coefficient (Wildman–Crippen LogP) is -1.27. The second-order valence-electron chi connectivity index (χ2n) is 1.60. The summed E-state index contributed by atoms with van der Waals surface area (Å²) in [6.07, 6.45) is 1.34. The minimum Gasteiger partial charge on any atom is -0.545 e. The van der Waals surface area contributed by atoms with E-state index < -0.39 is 22.0 Å². The maximum Gasteiger partial charge on any atom is 0.0844 e. The molecule has 0 unspecified atom stereocenters. The third-order valence-electron chi connectivity index (χ3n) is 0.755. The van der Waals surface area contributed by atoms with E-state index in [0.29, 0.717) is 6.08 Å². The fourth-order valence-corrected chi connectivity index (χ4v) is 0.515. The lowest BCUT2D eigenvalue weighted by molar-refractivity contribution is -0.299. The first-order valence-corrected chi connectivity index (χ1v) is 3.36. The van der Waals surface area contributed by atoms with Gasteiger partial charge in [0.25, 0.3) is 0 Å². The predicted molar refractivity (Wildman–Crippen MR) is 37.9 cm³/mol. The Morgan fingerprint density at radius 2 is 1.58 bits per heavy atom. The van der Waals surface area contributed by atoms with Crippen LogP contribution >= 0.6 is 23.2 Å². The molecule has 0 aromatic carbocycles. The van der Waals surface area contributed by atoms with Crippen molar-refractivity contribution in [2.45, 2.75) is 0 Å². The average molecular weight is 209 g/mol. The first-order valence-electron chi connectivity index (χ1n) is 2.61. The molecule has 0 bridgehead atoms. The second-order valence-corrected chi connectivity index (χ2v) is 2.39. The molecule has 0 aromatic heterocycles. The van der Waals surface area contributed by atoms with Gasteiger partial charge in [-0.1, -0.05) is 23.2 Å². The molecule has 0 aliphatic heterocycles. The van der Waals surface area contributed by atoms with E-state index in [9.17, 15) is 19.8 Å². The van der Waals surface area contributed by atoms with E-state index in [2.05, 4.69) is 0 Å². The second kappa shape index (κ2) is 4.79. The Labute approximate surface area is 77.7 Å². The van der Waals surface area contributed by atoms with Gasteiger partial charge < -0.3 is 19.8 Å². The molecule has 0 radical (unpaired) electrons. The number of carbonyl (C=O) groups is 2. The van der Waals surface area contributed by atoms with Gasteiger partial charge in [-0.2, -0.15) is 0 Å². The van der Waals surface area contributed by atoms with E-state index in [-0.39, 0.29) is 0 Å². The van der Waals surface area contributed by atoms with E-state index in [0.717, 1.165) is 6.08 Å². The van der Waals surface area contributed by atoms with Crippen LogP contribution in [0.25, 0.3) is 0 Å². The molecule has 4 nitrogen and oxygen atoms in total. The number of aliphatic carboxylic acids is 2. The smallest absolute Gasteiger partial charge is 0.0844 e. The molecule has 0 amide bonds. The zero-order valence-corrected chi connectivity index (χ0v) is 7.06. The van der Waals surface area contributed by atoms with Crippen molar-refractivity contribution in [3.05, 3.63) is 22.2 Å². The number of carboxylic acid groups (broad SMARTS) is 2. The number of hydrogen-bond acceptors (Lipinski definition) is 4. The molecule has 0 rings (SSSR count). The van der Waals surface area contributed by atoms with Crippen LogP contribution in [0.15, 0.2) is 22.2 Å². The van der Waals surface area contributed by atoms with Crippen molar-refractivity contribution in [1.82, 2.24) is 0 Å². The molecule has 0 saturated carbocycles. The summed E-state index contributed by atoms with van der Waals surface area (Å²) >= 11 is 10.3. The van der Waals surface area contributed by atoms with Crippen LogP contribution in [0.1, 0.15) is 0 Å². The van der Waals surface area contributed by atoms with Crippen molar-refractivity contribution in [2.75, 3.05) is 0 Å². The number of carboxylic acids is 2. The van der Waals surface area contributed by atoms with Crippen molar-refractivity contribution in [2.24, 2.45) is 0 Å². The minimum absolute atomic E-state index is 0.430. The maximum absolute atomic E-state index is 10.0. The summed E-state index contributed by atoms with van der Waals surface area (Å²) < 4.78 is 0. The van der Waals surface area contributed by atoms with Gasteiger partial charge in [-0.15, -0.1) is 0 Å². The van der Waals surface area contributed by atoms with Gasteiger partial charge in [0, 0.05) is 0 Å². The highest BCUT2D eigenvalue weighted by Gasteiger charge is 1.98. The topological polar surface area (TPSA) is 80.3 Å². The Morgan fingerprint density at radius 3 is 1.92 bits per heavy atom. The number of allylic oxidation sites excluding steroid dienone is 2. The van der Waals surface area contributed by atoms with Crippen LogP contribution in [0, 0.1) is 0 Å². The standard InChI is InChI=1S/C6H4Cl2O4/c7-3(1-2-4(9)10)5(8)6(11)12/h1-2H,(H,9,10)(H,11,12)/p-2. The lowest BCUT2D eigenvalue weighted by atomic mass is 10.4. The van der Waals surface area contributed by atoms with Crippen LogP contribution < -0.4 is 10.2 Å². The van der Waals surface area contributed by atoms with Crippen LogP contribution in [0.4, 0.5) is 0 Å². The largest absolute Gasteiger partial charge is 0.545 e. The van der Waals surface area contributed by atoms with Crippen LogP contribution in [-0.4, -0.2) is 11.9 Å². The van der Waals surface area contributed by atoms with Gasteiger partial charge in [0.1, 0.15) is 0 Å². The molecule has 6 heteroatoms. The van der Waals surface area contributed by atoms with E-state index in [4.69, 9.17) is 23.2 Å². The van der Waals surface area contributed by atoms with Crippen molar-refractivity contribution >= 4 is 35.1 Å². The summed E-state index contributed by atoms with van der Waals surface area (Å²) in [6.45, 7) is 0. The quantitative estimate of drug-likeness (QED) is 0.428. The highest BCUT2D eigenvalue weighted by atomic mass is 35.5. The summed E-state index contributed by atoms with van der Waals surface area (Å²) in [4.78, 5) is 19.8. The molecule has 0 saturated heterocycles. The van der Waals surface area contributed by atoms with E-state index >= 15 is 0 Å². The van der Waals surface area contributed by atoms with Crippen LogP contribution in [0.5, 0.6) is 0 Å². The summed E-state index contributed by atoms with van der Waals surface area (Å²) in [7, 11) is 0. The maximum atomic E-state index is 10.0. The fourth-order valence-electron chi connectivity index (χ4n) is 0.312. The molecule has 0 N–H and O–H groups in total. The van der Waals surface area contributed by atoms with Crippen LogP contribution in [0.2, 0.25) is 0 Å². The molecule has 0 aromatic rings. The van der Waals surface area contributed by atoms with Crippen molar-refractivity contribution in [3.63, 3.8) is 0 Å². The molecular weight excluding hydrogens is 207 g/mol. The van der Waals surface area contributed by atoms with Crippen LogP contribution in [-0.2, 0) is 9.59 Å². The van der Waals surface area contributed by atoms with Crippen molar-refractivity contribution in [3.8, 4) is 0 Å². The van der Waals surface area contributed by atoms with Gasteiger partial charge in [-0.25, -0.2) is 0 Å². The van der Waals surface area contributed by atoms with Gasteiger partial charge in [0.2, 0.25) is 0 Å². The molecule has 0 fully saturated rings.